The number of nitrogens with zero attached hydrogens (tertiary/aromatic N) is 2. The number of aromatic nitrogens is 2. The first-order chi connectivity index (χ1) is 8.16. The second-order valence-corrected chi connectivity index (χ2v) is 4.95. The van der Waals surface area contributed by atoms with E-state index < -0.39 is 0 Å². The van der Waals surface area contributed by atoms with Gasteiger partial charge in [0.05, 0.1) is 11.2 Å². The monoisotopic (exact) mass is 228 g/mol. The van der Waals surface area contributed by atoms with Crippen LogP contribution in [0.15, 0.2) is 18.2 Å². The number of imidazole rings is 1. The molecule has 0 saturated heterocycles. The minimum absolute atomic E-state index is 0.200. The molecule has 0 radical (unpaired) electrons. The lowest BCUT2D eigenvalue weighted by atomic mass is 10.2. The van der Waals surface area contributed by atoms with Gasteiger partial charge in [-0.2, -0.15) is 0 Å². The summed E-state index contributed by atoms with van der Waals surface area (Å²) in [7, 11) is 0. The number of ketones is 1. The molecule has 2 heterocycles. The molecule has 0 aromatic carbocycles. The molecule has 1 saturated carbocycles. The summed E-state index contributed by atoms with van der Waals surface area (Å²) in [6, 6.07) is 6.12. The Morgan fingerprint density at radius 1 is 1.47 bits per heavy atom. The first-order valence-electron chi connectivity index (χ1n) is 6.13. The van der Waals surface area contributed by atoms with Crippen LogP contribution in [0.4, 0.5) is 0 Å². The van der Waals surface area contributed by atoms with Gasteiger partial charge < -0.3 is 0 Å². The molecule has 0 amide bonds. The molecular weight excluding hydrogens is 212 g/mol. The van der Waals surface area contributed by atoms with Gasteiger partial charge in [0.25, 0.3) is 0 Å². The van der Waals surface area contributed by atoms with Crippen molar-refractivity contribution in [2.24, 2.45) is 0 Å². The summed E-state index contributed by atoms with van der Waals surface area (Å²) in [5.41, 5.74) is 3.28. The first kappa shape index (κ1) is 10.5. The van der Waals surface area contributed by atoms with Crippen LogP contribution in [0, 0.1) is 6.92 Å². The van der Waals surface area contributed by atoms with E-state index in [4.69, 9.17) is 0 Å². The fraction of sp³-hybridized carbons (Fsp3) is 0.429. The molecular formula is C14H16N2O. The number of hydrogen-bond donors (Lipinski definition) is 0. The Bertz CT molecular complexity index is 594. The normalized spacial score (nSPS) is 15.4. The zero-order valence-electron chi connectivity index (χ0n) is 10.2. The number of hydrogen-bond acceptors (Lipinski definition) is 2. The number of aryl methyl sites for hydroxylation is 1. The van der Waals surface area contributed by atoms with E-state index in [0.717, 1.165) is 22.7 Å². The molecule has 0 spiro atoms. The van der Waals surface area contributed by atoms with Crippen molar-refractivity contribution < 1.29 is 4.79 Å². The van der Waals surface area contributed by atoms with Gasteiger partial charge in [-0.05, 0) is 38.8 Å². The molecule has 0 N–H and O–H groups in total. The van der Waals surface area contributed by atoms with Crippen LogP contribution < -0.4 is 0 Å². The Balaban J connectivity index is 2.23. The molecule has 17 heavy (non-hydrogen) atoms. The summed E-state index contributed by atoms with van der Waals surface area (Å²) < 4.78 is 2.19. The quantitative estimate of drug-likeness (QED) is 0.809. The molecule has 0 unspecified atom stereocenters. The molecule has 1 aliphatic carbocycles. The van der Waals surface area contributed by atoms with Gasteiger partial charge in [-0.1, -0.05) is 6.07 Å². The maximum absolute atomic E-state index is 11.3. The van der Waals surface area contributed by atoms with E-state index in [-0.39, 0.29) is 5.78 Å². The minimum atomic E-state index is 0.200. The first-order valence-corrected chi connectivity index (χ1v) is 6.13. The van der Waals surface area contributed by atoms with E-state index in [9.17, 15) is 4.79 Å². The van der Waals surface area contributed by atoms with Crippen LogP contribution in [0.1, 0.15) is 42.9 Å². The highest BCUT2D eigenvalue weighted by atomic mass is 16.1. The molecule has 3 nitrogen and oxygen atoms in total. The summed E-state index contributed by atoms with van der Waals surface area (Å²) in [5, 5.41) is 0. The standard InChI is InChI=1S/C14H16N2O/c1-9(17)8-12-4-3-5-13-10(2)15-14(16(12)13)11-6-7-11/h3-5,11H,6-8H2,1-2H3. The summed E-state index contributed by atoms with van der Waals surface area (Å²) in [6.45, 7) is 3.68. The summed E-state index contributed by atoms with van der Waals surface area (Å²) in [4.78, 5) is 16.0. The second kappa shape index (κ2) is 3.69. The summed E-state index contributed by atoms with van der Waals surface area (Å²) in [5.74, 6) is 1.95. The van der Waals surface area contributed by atoms with Crippen molar-refractivity contribution in [2.45, 2.75) is 39.0 Å². The van der Waals surface area contributed by atoms with Crippen LogP contribution in [-0.2, 0) is 11.2 Å². The van der Waals surface area contributed by atoms with E-state index in [1.807, 2.05) is 19.1 Å². The third kappa shape index (κ3) is 1.75. The molecule has 2 aromatic rings. The van der Waals surface area contributed by atoms with Crippen molar-refractivity contribution in [3.05, 3.63) is 35.4 Å². The van der Waals surface area contributed by atoms with Crippen LogP contribution in [0.25, 0.3) is 5.52 Å². The van der Waals surface area contributed by atoms with Crippen molar-refractivity contribution in [1.29, 1.82) is 0 Å². The SMILES string of the molecule is CC(=O)Cc1cccc2c(C)nc(C3CC3)n12. The van der Waals surface area contributed by atoms with E-state index in [0.29, 0.717) is 12.3 Å². The van der Waals surface area contributed by atoms with Gasteiger partial charge >= 0.3 is 0 Å². The number of Topliss-reactive ketones (excluding diaryl/α,β-unsaturated/α-hetero) is 1. The summed E-state index contributed by atoms with van der Waals surface area (Å²) in [6.07, 6.45) is 2.95. The highest BCUT2D eigenvalue weighted by Crippen LogP contribution is 2.40. The average Bonchev–Trinajstić information content (AvgIpc) is 3.05. The van der Waals surface area contributed by atoms with Crippen LogP contribution >= 0.6 is 0 Å². The molecule has 0 bridgehead atoms. The Hall–Kier alpha value is -1.64. The van der Waals surface area contributed by atoms with Crippen molar-refractivity contribution in [3.8, 4) is 0 Å². The van der Waals surface area contributed by atoms with E-state index in [1.165, 1.54) is 12.8 Å². The Morgan fingerprint density at radius 3 is 2.88 bits per heavy atom. The van der Waals surface area contributed by atoms with Crippen LogP contribution in [0.2, 0.25) is 0 Å². The topological polar surface area (TPSA) is 34.4 Å². The van der Waals surface area contributed by atoms with E-state index in [2.05, 4.69) is 15.5 Å². The molecule has 3 rings (SSSR count). The van der Waals surface area contributed by atoms with Gasteiger partial charge in [-0.15, -0.1) is 0 Å². The smallest absolute Gasteiger partial charge is 0.135 e. The van der Waals surface area contributed by atoms with Crippen molar-refractivity contribution >= 4 is 11.3 Å². The number of fused-ring (bicyclic) bond motifs is 1. The molecule has 1 fully saturated rings. The van der Waals surface area contributed by atoms with Gasteiger partial charge in [0.2, 0.25) is 0 Å². The largest absolute Gasteiger partial charge is 0.300 e. The van der Waals surface area contributed by atoms with Gasteiger partial charge in [0.1, 0.15) is 11.6 Å². The Labute approximate surface area is 100 Å². The minimum Gasteiger partial charge on any atom is -0.300 e. The fourth-order valence-electron chi connectivity index (χ4n) is 2.39. The van der Waals surface area contributed by atoms with Gasteiger partial charge in [0, 0.05) is 18.0 Å². The maximum atomic E-state index is 11.3. The molecule has 88 valence electrons. The van der Waals surface area contributed by atoms with Crippen molar-refractivity contribution in [2.75, 3.05) is 0 Å². The van der Waals surface area contributed by atoms with Crippen LogP contribution in [0.5, 0.6) is 0 Å². The number of rotatable bonds is 3. The Morgan fingerprint density at radius 2 is 2.24 bits per heavy atom. The lowest BCUT2D eigenvalue weighted by molar-refractivity contribution is -0.116. The van der Waals surface area contributed by atoms with E-state index >= 15 is 0 Å². The summed E-state index contributed by atoms with van der Waals surface area (Å²) >= 11 is 0. The van der Waals surface area contributed by atoms with Gasteiger partial charge in [-0.25, -0.2) is 4.98 Å². The highest BCUT2D eigenvalue weighted by molar-refractivity contribution is 5.78. The number of carbonyl (C=O) groups is 1. The third-order valence-electron chi connectivity index (χ3n) is 3.33. The fourth-order valence-corrected chi connectivity index (χ4v) is 2.39. The maximum Gasteiger partial charge on any atom is 0.135 e. The molecule has 2 aromatic heterocycles. The lowest BCUT2D eigenvalue weighted by Gasteiger charge is -2.06. The molecule has 3 heteroatoms. The predicted octanol–water partition coefficient (Wildman–Crippen LogP) is 2.65. The third-order valence-corrected chi connectivity index (χ3v) is 3.33. The molecule has 0 aliphatic heterocycles. The number of pyridine rings is 1. The highest BCUT2D eigenvalue weighted by Gasteiger charge is 2.29. The molecule has 1 aliphatic rings. The van der Waals surface area contributed by atoms with E-state index in [1.54, 1.807) is 6.92 Å². The van der Waals surface area contributed by atoms with Crippen molar-refractivity contribution in [1.82, 2.24) is 9.38 Å². The predicted molar refractivity (Wildman–Crippen MR) is 66.3 cm³/mol. The Kier molecular flexibility index (Phi) is 2.28. The number of carbonyl (C=O) groups excluding carboxylic acids is 1. The van der Waals surface area contributed by atoms with Crippen LogP contribution in [-0.4, -0.2) is 15.2 Å². The second-order valence-electron chi connectivity index (χ2n) is 4.95. The van der Waals surface area contributed by atoms with Crippen LogP contribution in [0.3, 0.4) is 0 Å². The zero-order valence-corrected chi connectivity index (χ0v) is 10.2. The lowest BCUT2D eigenvalue weighted by Crippen LogP contribution is -2.05. The zero-order chi connectivity index (χ0) is 12.0. The average molecular weight is 228 g/mol. The molecule has 0 atom stereocenters. The van der Waals surface area contributed by atoms with Gasteiger partial charge in [0.15, 0.2) is 0 Å². The van der Waals surface area contributed by atoms with Gasteiger partial charge in [-0.3, -0.25) is 9.20 Å². The van der Waals surface area contributed by atoms with Crippen molar-refractivity contribution in [3.63, 3.8) is 0 Å².